The minimum absolute atomic E-state index is 0. The molecule has 0 aromatic heterocycles. The van der Waals surface area contributed by atoms with Gasteiger partial charge in [0.1, 0.15) is 6.04 Å². The number of hydrogen-bond acceptors (Lipinski definition) is 4. The molecule has 3 N–H and O–H groups in total. The summed E-state index contributed by atoms with van der Waals surface area (Å²) < 4.78 is 0. The first-order valence-electron chi connectivity index (χ1n) is 9.19. The average molecular weight is 439 g/mol. The van der Waals surface area contributed by atoms with Crippen molar-refractivity contribution in [3.63, 3.8) is 0 Å². The van der Waals surface area contributed by atoms with Crippen molar-refractivity contribution in [3.8, 4) is 0 Å². The lowest BCUT2D eigenvalue weighted by Crippen LogP contribution is -2.47. The normalized spacial score (nSPS) is 14.9. The van der Waals surface area contributed by atoms with Gasteiger partial charge in [0.05, 0.1) is 6.42 Å². The molecule has 1 saturated heterocycles. The summed E-state index contributed by atoms with van der Waals surface area (Å²) in [5.74, 6) is -0.156. The van der Waals surface area contributed by atoms with E-state index in [2.05, 4.69) is 17.3 Å². The molecule has 2 aromatic carbocycles. The van der Waals surface area contributed by atoms with Crippen LogP contribution >= 0.6 is 24.8 Å². The maximum absolute atomic E-state index is 12.5. The number of anilines is 1. The van der Waals surface area contributed by atoms with Crippen molar-refractivity contribution in [1.82, 2.24) is 9.80 Å². The van der Waals surface area contributed by atoms with Crippen LogP contribution in [0.4, 0.5) is 5.69 Å². The third-order valence-corrected chi connectivity index (χ3v) is 4.85. The molecular formula is C21H28Cl2N4O2. The number of carbonyl (C=O) groups is 2. The molecular weight excluding hydrogens is 411 g/mol. The van der Waals surface area contributed by atoms with Gasteiger partial charge in [-0.15, -0.1) is 24.8 Å². The smallest absolute Gasteiger partial charge is 0.245 e. The average Bonchev–Trinajstić information content (AvgIpc) is 2.68. The second-order valence-corrected chi connectivity index (χ2v) is 6.94. The number of carbonyl (C=O) groups excluding carboxylic acids is 2. The third kappa shape index (κ3) is 7.01. The van der Waals surface area contributed by atoms with E-state index in [9.17, 15) is 9.59 Å². The van der Waals surface area contributed by atoms with Crippen LogP contribution in [0.3, 0.4) is 0 Å². The number of benzene rings is 2. The van der Waals surface area contributed by atoms with Crippen molar-refractivity contribution in [3.05, 3.63) is 65.7 Å². The molecule has 1 aliphatic heterocycles. The molecule has 158 valence electrons. The van der Waals surface area contributed by atoms with Crippen LogP contribution in [0.15, 0.2) is 54.6 Å². The number of nitrogens with two attached hydrogens (primary N) is 1. The molecule has 6 nitrogen and oxygen atoms in total. The Kier molecular flexibility index (Phi) is 10.1. The fourth-order valence-corrected chi connectivity index (χ4v) is 3.13. The highest BCUT2D eigenvalue weighted by Gasteiger charge is 2.19. The summed E-state index contributed by atoms with van der Waals surface area (Å²) in [6, 6.07) is 15.9. The number of rotatable bonds is 5. The monoisotopic (exact) mass is 438 g/mol. The number of nitrogens with one attached hydrogen (secondary N) is 1. The van der Waals surface area contributed by atoms with E-state index >= 15 is 0 Å². The predicted octanol–water partition coefficient (Wildman–Crippen LogP) is 2.49. The van der Waals surface area contributed by atoms with Gasteiger partial charge in [0.15, 0.2) is 0 Å². The quantitative estimate of drug-likeness (QED) is 0.751. The third-order valence-electron chi connectivity index (χ3n) is 4.85. The van der Waals surface area contributed by atoms with Crippen LogP contribution < -0.4 is 11.1 Å². The van der Waals surface area contributed by atoms with Gasteiger partial charge in [-0.2, -0.15) is 0 Å². The van der Waals surface area contributed by atoms with Crippen LogP contribution in [0.5, 0.6) is 0 Å². The molecule has 0 radical (unpaired) electrons. The van der Waals surface area contributed by atoms with Crippen molar-refractivity contribution >= 4 is 42.3 Å². The number of halogens is 2. The molecule has 0 aliphatic carbocycles. The molecule has 0 saturated carbocycles. The van der Waals surface area contributed by atoms with Crippen LogP contribution in [0, 0.1) is 0 Å². The summed E-state index contributed by atoms with van der Waals surface area (Å²) in [4.78, 5) is 29.0. The molecule has 1 aliphatic rings. The van der Waals surface area contributed by atoms with Gasteiger partial charge in [0, 0.05) is 31.9 Å². The summed E-state index contributed by atoms with van der Waals surface area (Å²) in [6.45, 7) is 3.33. The number of piperazine rings is 1. The Morgan fingerprint density at radius 3 is 2.31 bits per heavy atom. The van der Waals surface area contributed by atoms with Crippen LogP contribution in [0.25, 0.3) is 0 Å². The van der Waals surface area contributed by atoms with E-state index < -0.39 is 6.04 Å². The first kappa shape index (κ1) is 24.9. The maximum Gasteiger partial charge on any atom is 0.245 e. The number of hydrogen-bond donors (Lipinski definition) is 2. The van der Waals surface area contributed by atoms with E-state index in [4.69, 9.17) is 5.73 Å². The maximum atomic E-state index is 12.5. The molecule has 1 fully saturated rings. The minimum Gasteiger partial charge on any atom is -0.340 e. The highest BCUT2D eigenvalue weighted by molar-refractivity contribution is 5.95. The zero-order valence-corrected chi connectivity index (χ0v) is 18.0. The zero-order chi connectivity index (χ0) is 19.2. The lowest BCUT2D eigenvalue weighted by Gasteiger charge is -2.32. The summed E-state index contributed by atoms with van der Waals surface area (Å²) in [5, 5.41) is 2.84. The molecule has 2 amide bonds. The van der Waals surface area contributed by atoms with Crippen molar-refractivity contribution in [2.45, 2.75) is 12.5 Å². The van der Waals surface area contributed by atoms with Crippen molar-refractivity contribution in [1.29, 1.82) is 0 Å². The van der Waals surface area contributed by atoms with E-state index in [0.29, 0.717) is 12.1 Å². The molecule has 1 atom stereocenters. The van der Waals surface area contributed by atoms with E-state index in [1.807, 2.05) is 53.4 Å². The summed E-state index contributed by atoms with van der Waals surface area (Å²) in [7, 11) is 2.06. The topological polar surface area (TPSA) is 78.7 Å². The Morgan fingerprint density at radius 2 is 1.66 bits per heavy atom. The van der Waals surface area contributed by atoms with E-state index in [0.717, 1.165) is 37.3 Å². The molecule has 1 unspecified atom stereocenters. The number of nitrogens with zero attached hydrogens (tertiary/aromatic N) is 2. The number of amides is 2. The molecule has 0 spiro atoms. The Hall–Kier alpha value is -2.12. The summed E-state index contributed by atoms with van der Waals surface area (Å²) >= 11 is 0. The molecule has 0 bridgehead atoms. The second-order valence-electron chi connectivity index (χ2n) is 6.94. The fraction of sp³-hybridized carbons (Fsp3) is 0.333. The van der Waals surface area contributed by atoms with E-state index in [1.54, 1.807) is 6.07 Å². The van der Waals surface area contributed by atoms with Crippen LogP contribution in [-0.2, 0) is 16.0 Å². The van der Waals surface area contributed by atoms with Crippen molar-refractivity contribution in [2.24, 2.45) is 5.73 Å². The SMILES string of the molecule is CN1CCN(C(=O)Cc2cccc(NC(=O)C(N)c3ccccc3)c2)CC1.Cl.Cl. The van der Waals surface area contributed by atoms with Gasteiger partial charge in [-0.05, 0) is 30.3 Å². The van der Waals surface area contributed by atoms with Gasteiger partial charge in [0.2, 0.25) is 11.8 Å². The Morgan fingerprint density at radius 1 is 1.00 bits per heavy atom. The predicted molar refractivity (Wildman–Crippen MR) is 121 cm³/mol. The largest absolute Gasteiger partial charge is 0.340 e. The van der Waals surface area contributed by atoms with Crippen LogP contribution in [-0.4, -0.2) is 54.8 Å². The van der Waals surface area contributed by atoms with Gasteiger partial charge >= 0.3 is 0 Å². The van der Waals surface area contributed by atoms with Gasteiger partial charge < -0.3 is 20.9 Å². The van der Waals surface area contributed by atoms with Crippen LogP contribution in [0.1, 0.15) is 17.2 Å². The van der Waals surface area contributed by atoms with Crippen molar-refractivity contribution < 1.29 is 9.59 Å². The first-order chi connectivity index (χ1) is 13.0. The van der Waals surface area contributed by atoms with Gasteiger partial charge in [-0.1, -0.05) is 42.5 Å². The lowest BCUT2D eigenvalue weighted by molar-refractivity contribution is -0.132. The highest BCUT2D eigenvalue weighted by atomic mass is 35.5. The molecule has 2 aromatic rings. The number of likely N-dealkylation sites (N-methyl/N-ethyl adjacent to an activating group) is 1. The Balaban J connectivity index is 0.00000210. The Bertz CT molecular complexity index is 796. The Labute approximate surface area is 184 Å². The summed E-state index contributed by atoms with van der Waals surface area (Å²) in [6.07, 6.45) is 0.332. The van der Waals surface area contributed by atoms with Gasteiger partial charge in [0.25, 0.3) is 0 Å². The van der Waals surface area contributed by atoms with E-state index in [-0.39, 0.29) is 36.6 Å². The lowest BCUT2D eigenvalue weighted by atomic mass is 10.1. The standard InChI is InChI=1S/C21H26N4O2.2ClH/c1-24-10-12-25(13-11-24)19(26)15-16-6-5-9-18(14-16)23-21(27)20(22)17-7-3-2-4-8-17;;/h2-9,14,20H,10-13,15,22H2,1H3,(H,23,27);2*1H. The molecule has 29 heavy (non-hydrogen) atoms. The minimum atomic E-state index is -0.734. The molecule has 8 heteroatoms. The molecule has 1 heterocycles. The fourth-order valence-electron chi connectivity index (χ4n) is 3.13. The van der Waals surface area contributed by atoms with Crippen molar-refractivity contribution in [2.75, 3.05) is 38.5 Å². The highest BCUT2D eigenvalue weighted by Crippen LogP contribution is 2.16. The summed E-state index contributed by atoms with van der Waals surface area (Å²) in [5.41, 5.74) is 8.33. The van der Waals surface area contributed by atoms with Gasteiger partial charge in [-0.3, -0.25) is 9.59 Å². The second kappa shape index (κ2) is 11.8. The van der Waals surface area contributed by atoms with Crippen LogP contribution in [0.2, 0.25) is 0 Å². The van der Waals surface area contributed by atoms with Gasteiger partial charge in [-0.25, -0.2) is 0 Å². The molecule has 3 rings (SSSR count). The first-order valence-corrected chi connectivity index (χ1v) is 9.19. The zero-order valence-electron chi connectivity index (χ0n) is 16.4. The van der Waals surface area contributed by atoms with E-state index in [1.165, 1.54) is 0 Å².